The van der Waals surface area contributed by atoms with E-state index in [2.05, 4.69) is 6.08 Å². The molecule has 0 amide bonds. The van der Waals surface area contributed by atoms with Crippen molar-refractivity contribution < 1.29 is 19.4 Å². The molecule has 4 heteroatoms. The van der Waals surface area contributed by atoms with Crippen molar-refractivity contribution in [2.24, 2.45) is 11.8 Å². The number of hydrogen-bond donors (Lipinski definition) is 1. The predicted octanol–water partition coefficient (Wildman–Crippen LogP) is 3.58. The molecular formula is C18H28O4. The van der Waals surface area contributed by atoms with Gasteiger partial charge in [0.05, 0.1) is 25.9 Å². The molecule has 0 aromatic rings. The maximum absolute atomic E-state index is 10.3. The quantitative estimate of drug-likeness (QED) is 0.550. The molecule has 0 aromatic heterocycles. The molecule has 1 heterocycles. The minimum Gasteiger partial charge on any atom is -0.478 e. The Labute approximate surface area is 133 Å². The van der Waals surface area contributed by atoms with E-state index in [9.17, 15) is 4.79 Å². The molecule has 2 rings (SSSR count). The van der Waals surface area contributed by atoms with E-state index < -0.39 is 5.97 Å². The highest BCUT2D eigenvalue weighted by atomic mass is 16.5. The van der Waals surface area contributed by atoms with Crippen molar-refractivity contribution in [3.8, 4) is 0 Å². The zero-order valence-corrected chi connectivity index (χ0v) is 13.3. The molecule has 2 aliphatic rings. The standard InChI is InChI=1S/C18H28O4/c19-18(20)11-7-2-1-4-8-15-12-21-13-16(15)14-22-17-9-5-3-6-10-17/h1,4,7,11,15-17H,2-3,5-6,8-10,12-14H2,(H,19,20)/t15-,16+/m1/s1. The smallest absolute Gasteiger partial charge is 0.327 e. The highest BCUT2D eigenvalue weighted by Crippen LogP contribution is 2.27. The summed E-state index contributed by atoms with van der Waals surface area (Å²) in [6, 6.07) is 0. The van der Waals surface area contributed by atoms with Crippen molar-refractivity contribution in [3.63, 3.8) is 0 Å². The van der Waals surface area contributed by atoms with E-state index in [4.69, 9.17) is 14.6 Å². The lowest BCUT2D eigenvalue weighted by Crippen LogP contribution is -2.24. The van der Waals surface area contributed by atoms with Gasteiger partial charge in [-0.2, -0.15) is 0 Å². The number of carbonyl (C=O) groups is 1. The second-order valence-electron chi connectivity index (χ2n) is 6.33. The third kappa shape index (κ3) is 6.32. The highest BCUT2D eigenvalue weighted by Gasteiger charge is 2.28. The second-order valence-corrected chi connectivity index (χ2v) is 6.33. The predicted molar refractivity (Wildman–Crippen MR) is 85.8 cm³/mol. The molecule has 0 unspecified atom stereocenters. The number of carboxylic acids is 1. The van der Waals surface area contributed by atoms with Crippen LogP contribution in [0, 0.1) is 11.8 Å². The maximum atomic E-state index is 10.3. The molecular weight excluding hydrogens is 280 g/mol. The van der Waals surface area contributed by atoms with Gasteiger partial charge in [-0.05, 0) is 31.6 Å². The van der Waals surface area contributed by atoms with Gasteiger partial charge in [-0.3, -0.25) is 0 Å². The summed E-state index contributed by atoms with van der Waals surface area (Å²) >= 11 is 0. The summed E-state index contributed by atoms with van der Waals surface area (Å²) in [6.45, 7) is 2.44. The molecule has 0 aromatic carbocycles. The summed E-state index contributed by atoms with van der Waals surface area (Å²) in [7, 11) is 0. The van der Waals surface area contributed by atoms with E-state index in [0.717, 1.165) is 26.2 Å². The summed E-state index contributed by atoms with van der Waals surface area (Å²) in [5, 5.41) is 8.50. The van der Waals surface area contributed by atoms with Crippen molar-refractivity contribution in [2.45, 2.75) is 51.0 Å². The third-order valence-corrected chi connectivity index (χ3v) is 4.57. The molecule has 0 spiro atoms. The van der Waals surface area contributed by atoms with Gasteiger partial charge in [0.25, 0.3) is 0 Å². The topological polar surface area (TPSA) is 55.8 Å². The summed E-state index contributed by atoms with van der Waals surface area (Å²) < 4.78 is 11.7. The summed E-state index contributed by atoms with van der Waals surface area (Å²) in [5.41, 5.74) is 0. The van der Waals surface area contributed by atoms with Gasteiger partial charge in [-0.15, -0.1) is 0 Å². The zero-order chi connectivity index (χ0) is 15.6. The minimum atomic E-state index is -0.891. The van der Waals surface area contributed by atoms with E-state index in [0.29, 0.717) is 24.4 Å². The molecule has 124 valence electrons. The molecule has 1 N–H and O–H groups in total. The number of aliphatic carboxylic acids is 1. The second kappa shape index (κ2) is 9.80. The minimum absolute atomic E-state index is 0.465. The average molecular weight is 308 g/mol. The Morgan fingerprint density at radius 1 is 1.09 bits per heavy atom. The molecule has 2 atom stereocenters. The van der Waals surface area contributed by atoms with Crippen LogP contribution in [0.2, 0.25) is 0 Å². The molecule has 4 nitrogen and oxygen atoms in total. The number of allylic oxidation sites excluding steroid dienone is 3. The summed E-state index contributed by atoms with van der Waals surface area (Å²) in [4.78, 5) is 10.3. The third-order valence-electron chi connectivity index (χ3n) is 4.57. The molecule has 2 fully saturated rings. The Kier molecular flexibility index (Phi) is 7.67. The fraction of sp³-hybridized carbons (Fsp3) is 0.722. The molecule has 1 saturated heterocycles. The van der Waals surface area contributed by atoms with Crippen molar-refractivity contribution >= 4 is 5.97 Å². The molecule has 1 aliphatic heterocycles. The average Bonchev–Trinajstić information content (AvgIpc) is 2.97. The molecule has 0 radical (unpaired) electrons. The van der Waals surface area contributed by atoms with E-state index in [-0.39, 0.29) is 0 Å². The van der Waals surface area contributed by atoms with E-state index in [1.807, 2.05) is 6.08 Å². The van der Waals surface area contributed by atoms with Gasteiger partial charge in [0, 0.05) is 12.0 Å². The first-order valence-corrected chi connectivity index (χ1v) is 8.49. The maximum Gasteiger partial charge on any atom is 0.327 e. The van der Waals surface area contributed by atoms with Crippen molar-refractivity contribution in [1.82, 2.24) is 0 Å². The van der Waals surface area contributed by atoms with Crippen LogP contribution in [0.5, 0.6) is 0 Å². The van der Waals surface area contributed by atoms with E-state index >= 15 is 0 Å². The van der Waals surface area contributed by atoms with Crippen molar-refractivity contribution in [2.75, 3.05) is 19.8 Å². The number of rotatable bonds is 8. The fourth-order valence-electron chi connectivity index (χ4n) is 3.19. The molecule has 1 saturated carbocycles. The lowest BCUT2D eigenvalue weighted by molar-refractivity contribution is -0.131. The molecule has 0 bridgehead atoms. The van der Waals surface area contributed by atoms with Gasteiger partial charge in [0.15, 0.2) is 0 Å². The van der Waals surface area contributed by atoms with Gasteiger partial charge >= 0.3 is 5.97 Å². The van der Waals surface area contributed by atoms with Gasteiger partial charge < -0.3 is 14.6 Å². The van der Waals surface area contributed by atoms with Gasteiger partial charge in [0.1, 0.15) is 0 Å². The normalized spacial score (nSPS) is 27.1. The highest BCUT2D eigenvalue weighted by molar-refractivity contribution is 5.79. The first-order valence-electron chi connectivity index (χ1n) is 8.49. The number of hydrogen-bond acceptors (Lipinski definition) is 3. The van der Waals surface area contributed by atoms with Crippen LogP contribution >= 0.6 is 0 Å². The van der Waals surface area contributed by atoms with Crippen LogP contribution in [-0.2, 0) is 14.3 Å². The van der Waals surface area contributed by atoms with Crippen LogP contribution in [0.1, 0.15) is 44.9 Å². The summed E-state index contributed by atoms with van der Waals surface area (Å²) in [5.74, 6) is 0.141. The van der Waals surface area contributed by atoms with Crippen LogP contribution in [0.25, 0.3) is 0 Å². The molecule has 22 heavy (non-hydrogen) atoms. The van der Waals surface area contributed by atoms with Crippen LogP contribution < -0.4 is 0 Å². The Balaban J connectivity index is 1.64. The van der Waals surface area contributed by atoms with Crippen molar-refractivity contribution in [3.05, 3.63) is 24.3 Å². The Morgan fingerprint density at radius 3 is 2.64 bits per heavy atom. The Bertz CT molecular complexity index is 383. The van der Waals surface area contributed by atoms with Crippen LogP contribution in [0.4, 0.5) is 0 Å². The first kappa shape index (κ1) is 17.2. The van der Waals surface area contributed by atoms with Gasteiger partial charge in [-0.1, -0.05) is 37.5 Å². The first-order chi connectivity index (χ1) is 10.8. The number of ether oxygens (including phenoxy) is 2. The van der Waals surface area contributed by atoms with Crippen molar-refractivity contribution in [1.29, 1.82) is 0 Å². The van der Waals surface area contributed by atoms with Gasteiger partial charge in [-0.25, -0.2) is 4.79 Å². The molecule has 1 aliphatic carbocycles. The van der Waals surface area contributed by atoms with Gasteiger partial charge in [0.2, 0.25) is 0 Å². The van der Waals surface area contributed by atoms with E-state index in [1.165, 1.54) is 38.2 Å². The fourth-order valence-corrected chi connectivity index (χ4v) is 3.19. The monoisotopic (exact) mass is 308 g/mol. The lowest BCUT2D eigenvalue weighted by Gasteiger charge is -2.25. The van der Waals surface area contributed by atoms with Crippen LogP contribution in [0.3, 0.4) is 0 Å². The van der Waals surface area contributed by atoms with Crippen LogP contribution in [-0.4, -0.2) is 37.0 Å². The lowest BCUT2D eigenvalue weighted by atomic mass is 9.93. The van der Waals surface area contributed by atoms with Crippen LogP contribution in [0.15, 0.2) is 24.3 Å². The largest absolute Gasteiger partial charge is 0.478 e. The van der Waals surface area contributed by atoms with E-state index in [1.54, 1.807) is 6.08 Å². The summed E-state index contributed by atoms with van der Waals surface area (Å²) in [6.07, 6.45) is 15.5. The zero-order valence-electron chi connectivity index (χ0n) is 13.3. The number of carboxylic acid groups (broad SMARTS) is 1. The Morgan fingerprint density at radius 2 is 1.86 bits per heavy atom. The SMILES string of the molecule is O=C(O)C=CCC=CC[C@@H]1COC[C@H]1COC1CCCCC1. The Hall–Kier alpha value is -1.13.